The Hall–Kier alpha value is -3.52. The number of carbonyl (C=O) groups excluding carboxylic acids is 3. The highest BCUT2D eigenvalue weighted by Gasteiger charge is 2.18. The van der Waals surface area contributed by atoms with Crippen molar-refractivity contribution in [1.29, 1.82) is 0 Å². The predicted molar refractivity (Wildman–Crippen MR) is 115 cm³/mol. The van der Waals surface area contributed by atoms with E-state index in [1.807, 2.05) is 30.3 Å². The van der Waals surface area contributed by atoms with E-state index in [0.717, 1.165) is 5.56 Å². The molecule has 0 saturated heterocycles. The van der Waals surface area contributed by atoms with Crippen LogP contribution >= 0.6 is 15.9 Å². The molecule has 0 aliphatic heterocycles. The number of hydrogen-bond donors (Lipinski definition) is 2. The van der Waals surface area contributed by atoms with E-state index in [9.17, 15) is 14.4 Å². The van der Waals surface area contributed by atoms with Crippen LogP contribution in [0.15, 0.2) is 77.4 Å². The Balaban J connectivity index is 1.58. The Bertz CT molecular complexity index is 1040. The zero-order valence-corrected chi connectivity index (χ0v) is 17.4. The van der Waals surface area contributed by atoms with E-state index in [1.54, 1.807) is 42.5 Å². The molecule has 0 saturated carbocycles. The van der Waals surface area contributed by atoms with Crippen LogP contribution in [-0.2, 0) is 16.1 Å². The van der Waals surface area contributed by atoms with E-state index in [1.165, 1.54) is 0 Å². The molecule has 3 aromatic rings. The summed E-state index contributed by atoms with van der Waals surface area (Å²) in [4.78, 5) is 41.0. The van der Waals surface area contributed by atoms with Crippen molar-refractivity contribution in [3.63, 3.8) is 0 Å². The van der Waals surface area contributed by atoms with Crippen molar-refractivity contribution in [2.75, 3.05) is 11.9 Å². The van der Waals surface area contributed by atoms with Crippen LogP contribution < -0.4 is 10.6 Å². The number of ketones is 1. The van der Waals surface area contributed by atoms with Gasteiger partial charge in [-0.1, -0.05) is 60.7 Å². The number of amides is 2. The first-order valence-electron chi connectivity index (χ1n) is 9.03. The van der Waals surface area contributed by atoms with Gasteiger partial charge in [-0.25, -0.2) is 9.78 Å². The third-order valence-corrected chi connectivity index (χ3v) is 4.43. The maximum Gasteiger partial charge on any atom is 0.407 e. The molecule has 0 bridgehead atoms. The minimum absolute atomic E-state index is 0.0931. The fourth-order valence-electron chi connectivity index (χ4n) is 2.56. The summed E-state index contributed by atoms with van der Waals surface area (Å²) in [5.74, 6) is -0.847. The second kappa shape index (κ2) is 10.3. The molecular formula is C22H18BrN3O4. The van der Waals surface area contributed by atoms with Gasteiger partial charge in [0.2, 0.25) is 11.7 Å². The first kappa shape index (κ1) is 21.2. The number of nitrogens with zero attached hydrogens (tertiary/aromatic N) is 1. The molecule has 0 spiro atoms. The second-order valence-electron chi connectivity index (χ2n) is 6.19. The van der Waals surface area contributed by atoms with Crippen LogP contribution in [0.1, 0.15) is 21.6 Å². The molecule has 2 aromatic carbocycles. The number of pyridine rings is 1. The van der Waals surface area contributed by atoms with Crippen molar-refractivity contribution in [1.82, 2.24) is 10.3 Å². The molecule has 2 amide bonds. The summed E-state index contributed by atoms with van der Waals surface area (Å²) in [5, 5.41) is 4.98. The largest absolute Gasteiger partial charge is 0.445 e. The van der Waals surface area contributed by atoms with Crippen LogP contribution in [0.5, 0.6) is 0 Å². The summed E-state index contributed by atoms with van der Waals surface area (Å²) in [5.41, 5.74) is 1.62. The number of anilines is 1. The lowest BCUT2D eigenvalue weighted by Gasteiger charge is -2.11. The number of carbonyl (C=O) groups is 3. The lowest BCUT2D eigenvalue weighted by Crippen LogP contribution is -2.33. The van der Waals surface area contributed by atoms with Crippen LogP contribution in [0, 0.1) is 0 Å². The zero-order valence-electron chi connectivity index (χ0n) is 15.8. The van der Waals surface area contributed by atoms with Crippen LogP contribution in [0.4, 0.5) is 10.5 Å². The lowest BCUT2D eigenvalue weighted by molar-refractivity contribution is -0.115. The summed E-state index contributed by atoms with van der Waals surface area (Å²) in [6.07, 6.45) is -0.719. The van der Waals surface area contributed by atoms with E-state index in [-0.39, 0.29) is 30.3 Å². The standard InChI is InChI=1S/C22H18BrN3O4/c23-18-12-11-17(20(26-18)21(28)16-9-5-2-6-10-16)25-19(27)13-24-22(29)30-14-15-7-3-1-4-8-15/h1-12H,13-14H2,(H,24,29)(H,25,27). The van der Waals surface area contributed by atoms with Crippen LogP contribution in [0.2, 0.25) is 0 Å². The molecule has 1 aromatic heterocycles. The van der Waals surface area contributed by atoms with Crippen LogP contribution in [0.25, 0.3) is 0 Å². The van der Waals surface area contributed by atoms with E-state index < -0.39 is 12.0 Å². The Morgan fingerprint density at radius 3 is 2.27 bits per heavy atom. The van der Waals surface area contributed by atoms with Crippen molar-refractivity contribution in [3.8, 4) is 0 Å². The van der Waals surface area contributed by atoms with E-state index in [2.05, 4.69) is 31.5 Å². The minimum atomic E-state index is -0.719. The maximum absolute atomic E-state index is 12.8. The number of hydrogen-bond acceptors (Lipinski definition) is 5. The highest BCUT2D eigenvalue weighted by atomic mass is 79.9. The van der Waals surface area contributed by atoms with E-state index in [0.29, 0.717) is 10.2 Å². The molecule has 0 aliphatic rings. The topological polar surface area (TPSA) is 97.4 Å². The highest BCUT2D eigenvalue weighted by molar-refractivity contribution is 9.10. The molecule has 30 heavy (non-hydrogen) atoms. The van der Waals surface area contributed by atoms with Gasteiger partial charge in [-0.15, -0.1) is 0 Å². The monoisotopic (exact) mass is 467 g/mol. The van der Waals surface area contributed by atoms with Gasteiger partial charge in [0, 0.05) is 5.56 Å². The number of ether oxygens (including phenoxy) is 1. The minimum Gasteiger partial charge on any atom is -0.445 e. The molecule has 0 radical (unpaired) electrons. The summed E-state index contributed by atoms with van der Waals surface area (Å²) < 4.78 is 5.52. The normalized spacial score (nSPS) is 10.2. The Kier molecular flexibility index (Phi) is 7.29. The molecule has 8 heteroatoms. The number of aromatic nitrogens is 1. The first-order valence-corrected chi connectivity index (χ1v) is 9.83. The van der Waals surface area contributed by atoms with Gasteiger partial charge in [0.15, 0.2) is 0 Å². The molecule has 2 N–H and O–H groups in total. The first-order chi connectivity index (χ1) is 14.5. The number of halogens is 1. The number of rotatable bonds is 7. The van der Waals surface area contributed by atoms with Gasteiger partial charge in [-0.3, -0.25) is 9.59 Å². The van der Waals surface area contributed by atoms with Crippen molar-refractivity contribution >= 4 is 39.4 Å². The Morgan fingerprint density at radius 1 is 0.900 bits per heavy atom. The van der Waals surface area contributed by atoms with Crippen LogP contribution in [-0.4, -0.2) is 29.3 Å². The van der Waals surface area contributed by atoms with Crippen molar-refractivity contribution < 1.29 is 19.1 Å². The number of nitrogens with one attached hydrogen (secondary N) is 2. The highest BCUT2D eigenvalue weighted by Crippen LogP contribution is 2.20. The SMILES string of the molecule is O=C(CNC(=O)OCc1ccccc1)Nc1ccc(Br)nc1C(=O)c1ccccc1. The average molecular weight is 468 g/mol. The van der Waals surface area contributed by atoms with Crippen molar-refractivity contribution in [3.05, 3.63) is 94.2 Å². The van der Waals surface area contributed by atoms with Crippen LogP contribution in [0.3, 0.4) is 0 Å². The molecule has 0 fully saturated rings. The number of alkyl carbamates (subject to hydrolysis) is 1. The van der Waals surface area contributed by atoms with Gasteiger partial charge in [0.25, 0.3) is 0 Å². The molecule has 7 nitrogen and oxygen atoms in total. The van der Waals surface area contributed by atoms with E-state index in [4.69, 9.17) is 4.74 Å². The summed E-state index contributed by atoms with van der Waals surface area (Å²) in [6.45, 7) is -0.219. The summed E-state index contributed by atoms with van der Waals surface area (Å²) >= 11 is 3.24. The van der Waals surface area contributed by atoms with Gasteiger partial charge >= 0.3 is 6.09 Å². The van der Waals surface area contributed by atoms with Crippen molar-refractivity contribution in [2.24, 2.45) is 0 Å². The van der Waals surface area contributed by atoms with Gasteiger partial charge in [-0.05, 0) is 33.6 Å². The average Bonchev–Trinajstić information content (AvgIpc) is 2.78. The molecule has 0 aliphatic carbocycles. The fraction of sp³-hybridized carbons (Fsp3) is 0.0909. The molecule has 152 valence electrons. The second-order valence-corrected chi connectivity index (χ2v) is 7.00. The summed E-state index contributed by atoms with van der Waals surface area (Å²) in [6, 6.07) is 21.0. The lowest BCUT2D eigenvalue weighted by atomic mass is 10.1. The number of benzene rings is 2. The van der Waals surface area contributed by atoms with Gasteiger partial charge in [0.05, 0.1) is 5.69 Å². The predicted octanol–water partition coefficient (Wildman–Crippen LogP) is 3.94. The smallest absolute Gasteiger partial charge is 0.407 e. The maximum atomic E-state index is 12.8. The van der Waals surface area contributed by atoms with Crippen molar-refractivity contribution in [2.45, 2.75) is 6.61 Å². The molecule has 0 unspecified atom stereocenters. The van der Waals surface area contributed by atoms with Gasteiger partial charge in [-0.2, -0.15) is 0 Å². The zero-order chi connectivity index (χ0) is 21.3. The van der Waals surface area contributed by atoms with Gasteiger partial charge < -0.3 is 15.4 Å². The van der Waals surface area contributed by atoms with E-state index >= 15 is 0 Å². The Labute approximate surface area is 181 Å². The Morgan fingerprint density at radius 2 is 1.57 bits per heavy atom. The molecule has 3 rings (SSSR count). The summed E-state index contributed by atoms with van der Waals surface area (Å²) in [7, 11) is 0. The third-order valence-electron chi connectivity index (χ3n) is 3.99. The quantitative estimate of drug-likeness (QED) is 0.405. The third kappa shape index (κ3) is 5.99. The molecular weight excluding hydrogens is 450 g/mol. The van der Waals surface area contributed by atoms with Gasteiger partial charge in [0.1, 0.15) is 23.4 Å². The fourth-order valence-corrected chi connectivity index (χ4v) is 2.87. The molecule has 0 atom stereocenters. The molecule has 1 heterocycles.